The summed E-state index contributed by atoms with van der Waals surface area (Å²) >= 11 is 2.64. The molecule has 0 saturated carbocycles. The Labute approximate surface area is 108 Å². The maximum Gasteiger partial charge on any atom is 0.349 e. The second-order valence-corrected chi connectivity index (χ2v) is 7.22. The van der Waals surface area contributed by atoms with E-state index in [0.717, 1.165) is 17.1 Å². The summed E-state index contributed by atoms with van der Waals surface area (Å²) in [7, 11) is -2.32. The molecular formula is C9H11NO4S3. The molecule has 1 aromatic rings. The highest BCUT2D eigenvalue weighted by Crippen LogP contribution is 2.29. The van der Waals surface area contributed by atoms with Gasteiger partial charge < -0.3 is 4.74 Å². The van der Waals surface area contributed by atoms with E-state index in [1.54, 1.807) is 17.1 Å². The van der Waals surface area contributed by atoms with E-state index in [-0.39, 0.29) is 9.77 Å². The maximum atomic E-state index is 12.2. The van der Waals surface area contributed by atoms with Crippen LogP contribution >= 0.6 is 23.1 Å². The third-order valence-corrected chi connectivity index (χ3v) is 6.38. The van der Waals surface area contributed by atoms with Gasteiger partial charge in [0.1, 0.15) is 9.77 Å². The van der Waals surface area contributed by atoms with Crippen molar-refractivity contribution < 1.29 is 17.9 Å². The van der Waals surface area contributed by atoms with Gasteiger partial charge in [-0.25, -0.2) is 13.2 Å². The topological polar surface area (TPSA) is 63.7 Å². The lowest BCUT2D eigenvalue weighted by molar-refractivity contribution is 0.0602. The smallest absolute Gasteiger partial charge is 0.349 e. The van der Waals surface area contributed by atoms with E-state index in [4.69, 9.17) is 0 Å². The summed E-state index contributed by atoms with van der Waals surface area (Å²) in [5.41, 5.74) is 0. The average molecular weight is 293 g/mol. The van der Waals surface area contributed by atoms with E-state index >= 15 is 0 Å². The molecule has 2 heterocycles. The summed E-state index contributed by atoms with van der Waals surface area (Å²) in [6, 6.07) is 1.45. The van der Waals surface area contributed by atoms with Gasteiger partial charge in [-0.05, 0) is 11.4 Å². The van der Waals surface area contributed by atoms with Crippen LogP contribution < -0.4 is 0 Å². The van der Waals surface area contributed by atoms with Crippen LogP contribution in [0, 0.1) is 0 Å². The van der Waals surface area contributed by atoms with Crippen LogP contribution in [0.5, 0.6) is 0 Å². The highest BCUT2D eigenvalue weighted by Gasteiger charge is 2.32. The van der Waals surface area contributed by atoms with E-state index in [1.165, 1.54) is 17.5 Å². The van der Waals surface area contributed by atoms with E-state index in [9.17, 15) is 13.2 Å². The van der Waals surface area contributed by atoms with Crippen molar-refractivity contribution in [1.82, 2.24) is 4.31 Å². The number of esters is 1. The Morgan fingerprint density at radius 2 is 2.29 bits per heavy atom. The minimum Gasteiger partial charge on any atom is -0.465 e. The number of carbonyl (C=O) groups excluding carboxylic acids is 1. The fourth-order valence-electron chi connectivity index (χ4n) is 1.47. The third kappa shape index (κ3) is 2.35. The number of carbonyl (C=O) groups is 1. The minimum atomic E-state index is -3.56. The fourth-order valence-corrected chi connectivity index (χ4v) is 5.59. The predicted molar refractivity (Wildman–Crippen MR) is 66.9 cm³/mol. The largest absolute Gasteiger partial charge is 0.465 e. The maximum absolute atomic E-state index is 12.2. The molecule has 1 aliphatic rings. The summed E-state index contributed by atoms with van der Waals surface area (Å²) < 4.78 is 30.5. The lowest BCUT2D eigenvalue weighted by atomic mass is 10.5. The van der Waals surface area contributed by atoms with Crippen molar-refractivity contribution in [2.45, 2.75) is 4.90 Å². The monoisotopic (exact) mass is 293 g/mol. The molecule has 0 bridgehead atoms. The molecule has 5 nitrogen and oxygen atoms in total. The summed E-state index contributed by atoms with van der Waals surface area (Å²) in [5, 5.41) is 1.59. The molecule has 94 valence electrons. The number of nitrogens with zero attached hydrogens (tertiary/aromatic N) is 1. The lowest BCUT2D eigenvalue weighted by Gasteiger charge is -2.14. The number of ether oxygens (including phenoxy) is 1. The third-order valence-electron chi connectivity index (χ3n) is 2.34. The highest BCUT2D eigenvalue weighted by molar-refractivity contribution is 8.00. The molecular weight excluding hydrogens is 282 g/mol. The number of hydrogen-bond acceptors (Lipinski definition) is 6. The Kier molecular flexibility index (Phi) is 3.76. The van der Waals surface area contributed by atoms with Crippen molar-refractivity contribution in [3.63, 3.8) is 0 Å². The van der Waals surface area contributed by atoms with Crippen molar-refractivity contribution in [2.75, 3.05) is 25.3 Å². The number of thioether (sulfide) groups is 1. The molecule has 8 heteroatoms. The van der Waals surface area contributed by atoms with E-state index in [0.29, 0.717) is 12.4 Å². The van der Waals surface area contributed by atoms with Crippen LogP contribution in [0.4, 0.5) is 0 Å². The first-order valence-electron chi connectivity index (χ1n) is 4.81. The van der Waals surface area contributed by atoms with Crippen molar-refractivity contribution in [3.05, 3.63) is 16.3 Å². The van der Waals surface area contributed by atoms with Crippen LogP contribution in [0.3, 0.4) is 0 Å². The Morgan fingerprint density at radius 1 is 1.53 bits per heavy atom. The van der Waals surface area contributed by atoms with Gasteiger partial charge in [-0.3, -0.25) is 0 Å². The average Bonchev–Trinajstić information content (AvgIpc) is 2.98. The Morgan fingerprint density at radius 3 is 2.88 bits per heavy atom. The molecule has 0 aromatic carbocycles. The lowest BCUT2D eigenvalue weighted by Crippen LogP contribution is -2.28. The zero-order chi connectivity index (χ0) is 12.5. The van der Waals surface area contributed by atoms with Crippen LogP contribution in [0.1, 0.15) is 9.67 Å². The number of sulfonamides is 1. The molecule has 17 heavy (non-hydrogen) atoms. The number of methoxy groups -OCH3 is 1. The second kappa shape index (κ2) is 4.97. The summed E-state index contributed by atoms with van der Waals surface area (Å²) in [5.74, 6) is 0.626. The van der Waals surface area contributed by atoms with Crippen molar-refractivity contribution in [2.24, 2.45) is 0 Å². The zero-order valence-corrected chi connectivity index (χ0v) is 11.5. The van der Waals surface area contributed by atoms with E-state index in [2.05, 4.69) is 4.74 Å². The Bertz CT molecular complexity index is 516. The summed E-state index contributed by atoms with van der Waals surface area (Å²) in [4.78, 5) is 11.7. The molecule has 2 rings (SSSR count). The molecule has 0 N–H and O–H groups in total. The van der Waals surface area contributed by atoms with Gasteiger partial charge in [-0.1, -0.05) is 0 Å². The zero-order valence-electron chi connectivity index (χ0n) is 9.08. The number of rotatable bonds is 3. The molecule has 1 aromatic heterocycles. The molecule has 0 radical (unpaired) electrons. The first-order chi connectivity index (χ1) is 8.07. The van der Waals surface area contributed by atoms with Gasteiger partial charge in [0.2, 0.25) is 10.0 Å². The predicted octanol–water partition coefficient (Wildman–Crippen LogP) is 1.23. The Hall–Kier alpha value is -0.570. The van der Waals surface area contributed by atoms with Crippen molar-refractivity contribution in [3.8, 4) is 0 Å². The molecule has 0 unspecified atom stereocenters. The van der Waals surface area contributed by atoms with E-state index in [1.807, 2.05) is 0 Å². The van der Waals surface area contributed by atoms with Gasteiger partial charge in [0, 0.05) is 12.3 Å². The van der Waals surface area contributed by atoms with Crippen molar-refractivity contribution >= 4 is 39.1 Å². The molecule has 1 aliphatic heterocycles. The standard InChI is InChI=1S/C9H11NO4S3/c1-14-9(11)8-7(2-4-16-8)17(12,13)10-3-5-15-6-10/h2,4H,3,5-6H2,1H3. The van der Waals surface area contributed by atoms with Crippen LogP contribution in [-0.4, -0.2) is 44.0 Å². The molecule has 0 atom stereocenters. The fraction of sp³-hybridized carbons (Fsp3) is 0.444. The van der Waals surface area contributed by atoms with Gasteiger partial charge in [0.25, 0.3) is 0 Å². The van der Waals surface area contributed by atoms with Gasteiger partial charge in [0.15, 0.2) is 0 Å². The van der Waals surface area contributed by atoms with Crippen LogP contribution in [0.2, 0.25) is 0 Å². The molecule has 0 aliphatic carbocycles. The quantitative estimate of drug-likeness (QED) is 0.784. The van der Waals surface area contributed by atoms with E-state index < -0.39 is 16.0 Å². The van der Waals surface area contributed by atoms with Crippen LogP contribution in [-0.2, 0) is 14.8 Å². The minimum absolute atomic E-state index is 0.0526. The van der Waals surface area contributed by atoms with Gasteiger partial charge in [-0.2, -0.15) is 4.31 Å². The second-order valence-electron chi connectivity index (χ2n) is 3.32. The highest BCUT2D eigenvalue weighted by atomic mass is 32.2. The summed E-state index contributed by atoms with van der Waals surface area (Å²) in [6.07, 6.45) is 0. The van der Waals surface area contributed by atoms with Crippen molar-refractivity contribution in [1.29, 1.82) is 0 Å². The molecule has 0 spiro atoms. The normalized spacial score (nSPS) is 17.2. The first-order valence-corrected chi connectivity index (χ1v) is 8.28. The summed E-state index contributed by atoms with van der Waals surface area (Å²) in [6.45, 7) is 0.490. The van der Waals surface area contributed by atoms with Crippen LogP contribution in [0.15, 0.2) is 16.3 Å². The van der Waals surface area contributed by atoms with Gasteiger partial charge >= 0.3 is 5.97 Å². The molecule has 1 fully saturated rings. The molecule has 1 saturated heterocycles. The van der Waals surface area contributed by atoms with Gasteiger partial charge in [-0.15, -0.1) is 23.1 Å². The SMILES string of the molecule is COC(=O)c1sccc1S(=O)(=O)N1CCSC1. The molecule has 0 amide bonds. The first kappa shape index (κ1) is 12.9. The number of hydrogen-bond donors (Lipinski definition) is 0. The van der Waals surface area contributed by atoms with Gasteiger partial charge in [0.05, 0.1) is 13.0 Å². The van der Waals surface area contributed by atoms with Crippen LogP contribution in [0.25, 0.3) is 0 Å². The number of thiophene rings is 1. The Balaban J connectivity index is 2.39.